The molecular formula is C20H25BrN4O2S. The molecule has 2 fully saturated rings. The molecule has 0 spiro atoms. The van der Waals surface area contributed by atoms with Gasteiger partial charge in [0.05, 0.1) is 11.8 Å². The van der Waals surface area contributed by atoms with E-state index in [1.54, 1.807) is 24.5 Å². The molecule has 2 aromatic rings. The van der Waals surface area contributed by atoms with Gasteiger partial charge in [0.1, 0.15) is 0 Å². The second kappa shape index (κ2) is 8.78. The molecule has 2 aliphatic rings. The maximum absolute atomic E-state index is 11.5. The maximum atomic E-state index is 11.5. The lowest BCUT2D eigenvalue weighted by Crippen LogP contribution is -2.36. The van der Waals surface area contributed by atoms with Crippen LogP contribution in [-0.4, -0.2) is 40.0 Å². The Morgan fingerprint density at radius 1 is 1.29 bits per heavy atom. The summed E-state index contributed by atoms with van der Waals surface area (Å²) in [6, 6.07) is 1.97. The van der Waals surface area contributed by atoms with Gasteiger partial charge in [0.15, 0.2) is 16.7 Å². The Labute approximate surface area is 177 Å². The summed E-state index contributed by atoms with van der Waals surface area (Å²) in [6.45, 7) is 3.27. The predicted molar refractivity (Wildman–Crippen MR) is 114 cm³/mol. The Morgan fingerprint density at radius 3 is 2.75 bits per heavy atom. The molecular weight excluding hydrogens is 440 g/mol. The Bertz CT molecular complexity index is 829. The van der Waals surface area contributed by atoms with Crippen LogP contribution in [0.4, 0.5) is 10.9 Å². The van der Waals surface area contributed by atoms with Crippen molar-refractivity contribution in [3.05, 3.63) is 27.8 Å². The topological polar surface area (TPSA) is 67.4 Å². The molecule has 150 valence electrons. The summed E-state index contributed by atoms with van der Waals surface area (Å²) in [5, 5.41) is 6.29. The summed E-state index contributed by atoms with van der Waals surface area (Å²) in [7, 11) is 0. The Kier molecular flexibility index (Phi) is 6.16. The first-order valence-electron chi connectivity index (χ1n) is 9.88. The van der Waals surface area contributed by atoms with Crippen molar-refractivity contribution in [1.82, 2.24) is 14.9 Å². The number of aromatic nitrogens is 2. The molecule has 0 unspecified atom stereocenters. The van der Waals surface area contributed by atoms with E-state index in [1.165, 1.54) is 12.8 Å². The van der Waals surface area contributed by atoms with Crippen LogP contribution in [0.3, 0.4) is 0 Å². The molecule has 2 aromatic heterocycles. The number of ether oxygens (including phenoxy) is 1. The van der Waals surface area contributed by atoms with Crippen LogP contribution < -0.4 is 10.1 Å². The van der Waals surface area contributed by atoms with E-state index in [4.69, 9.17) is 9.72 Å². The van der Waals surface area contributed by atoms with E-state index in [-0.39, 0.29) is 12.0 Å². The minimum Gasteiger partial charge on any atom is -0.487 e. The lowest BCUT2D eigenvalue weighted by molar-refractivity contribution is -0.129. The van der Waals surface area contributed by atoms with Crippen LogP contribution in [-0.2, 0) is 4.79 Å². The number of hydrogen-bond acceptors (Lipinski definition) is 6. The summed E-state index contributed by atoms with van der Waals surface area (Å²) >= 11 is 5.08. The highest BCUT2D eigenvalue weighted by molar-refractivity contribution is 9.10. The highest BCUT2D eigenvalue weighted by Gasteiger charge is 2.24. The van der Waals surface area contributed by atoms with Crippen molar-refractivity contribution in [3.63, 3.8) is 0 Å². The fraction of sp³-hybridized carbons (Fsp3) is 0.550. The second-order valence-corrected chi connectivity index (χ2v) is 9.28. The number of nitrogens with one attached hydrogen (secondary N) is 1. The van der Waals surface area contributed by atoms with E-state index >= 15 is 0 Å². The minimum atomic E-state index is 0.162. The minimum absolute atomic E-state index is 0.162. The first-order chi connectivity index (χ1) is 13.6. The molecule has 4 rings (SSSR count). The van der Waals surface area contributed by atoms with Crippen molar-refractivity contribution in [3.8, 4) is 5.75 Å². The number of nitrogens with zero attached hydrogens (tertiary/aromatic N) is 3. The van der Waals surface area contributed by atoms with Gasteiger partial charge >= 0.3 is 0 Å². The zero-order chi connectivity index (χ0) is 19.5. The van der Waals surface area contributed by atoms with Gasteiger partial charge < -0.3 is 15.0 Å². The van der Waals surface area contributed by atoms with Crippen LogP contribution in [0.2, 0.25) is 0 Å². The predicted octanol–water partition coefficient (Wildman–Crippen LogP) is 5.09. The molecule has 1 aliphatic carbocycles. The number of carbonyl (C=O) groups is 1. The fourth-order valence-corrected chi connectivity index (χ4v) is 5.01. The molecule has 0 aromatic carbocycles. The first kappa shape index (κ1) is 19.6. The lowest BCUT2D eigenvalue weighted by Gasteiger charge is -2.30. The SMILES string of the molecule is CC(=O)N1CCC(c2csc(Nc3ncc(Br)cc3OC3CCCC3)n2)CC1. The van der Waals surface area contributed by atoms with E-state index < -0.39 is 0 Å². The number of likely N-dealkylation sites (tertiary alicyclic amines) is 1. The number of rotatable bonds is 5. The molecule has 6 nitrogen and oxygen atoms in total. The Hall–Kier alpha value is -1.67. The van der Waals surface area contributed by atoms with E-state index in [0.717, 1.165) is 59.8 Å². The molecule has 28 heavy (non-hydrogen) atoms. The summed E-state index contributed by atoms with van der Waals surface area (Å²) in [4.78, 5) is 22.7. The van der Waals surface area contributed by atoms with Crippen LogP contribution in [0.15, 0.2) is 22.1 Å². The van der Waals surface area contributed by atoms with Gasteiger partial charge in [0, 0.05) is 42.0 Å². The van der Waals surface area contributed by atoms with Gasteiger partial charge in [0.25, 0.3) is 0 Å². The van der Waals surface area contributed by atoms with Gasteiger partial charge in [-0.25, -0.2) is 9.97 Å². The number of carbonyl (C=O) groups excluding carboxylic acids is 1. The normalized spacial score (nSPS) is 18.4. The summed E-state index contributed by atoms with van der Waals surface area (Å²) in [5.41, 5.74) is 1.10. The zero-order valence-electron chi connectivity index (χ0n) is 16.0. The van der Waals surface area contributed by atoms with Gasteiger partial charge in [-0.3, -0.25) is 4.79 Å². The van der Waals surface area contributed by atoms with E-state index in [9.17, 15) is 4.79 Å². The molecule has 1 aliphatic heterocycles. The molecule has 0 radical (unpaired) electrons. The van der Waals surface area contributed by atoms with Crippen LogP contribution in [0.1, 0.15) is 57.1 Å². The Balaban J connectivity index is 1.43. The van der Waals surface area contributed by atoms with E-state index in [2.05, 4.69) is 31.6 Å². The van der Waals surface area contributed by atoms with Gasteiger partial charge in [-0.1, -0.05) is 0 Å². The van der Waals surface area contributed by atoms with Crippen molar-refractivity contribution < 1.29 is 9.53 Å². The summed E-state index contributed by atoms with van der Waals surface area (Å²) in [5.74, 6) is 2.06. The average molecular weight is 465 g/mol. The quantitative estimate of drug-likeness (QED) is 0.666. The third-order valence-electron chi connectivity index (χ3n) is 5.52. The molecule has 3 heterocycles. The monoisotopic (exact) mass is 464 g/mol. The number of hydrogen-bond donors (Lipinski definition) is 1. The number of anilines is 2. The zero-order valence-corrected chi connectivity index (χ0v) is 18.4. The number of pyridine rings is 1. The smallest absolute Gasteiger partial charge is 0.219 e. The third-order valence-corrected chi connectivity index (χ3v) is 6.73. The van der Waals surface area contributed by atoms with Gasteiger partial charge in [-0.2, -0.15) is 0 Å². The number of piperidine rings is 1. The summed E-state index contributed by atoms with van der Waals surface area (Å²) in [6.07, 6.45) is 8.65. The largest absolute Gasteiger partial charge is 0.487 e. The molecule has 1 N–H and O–H groups in total. The first-order valence-corrected chi connectivity index (χ1v) is 11.6. The molecule has 8 heteroatoms. The van der Waals surface area contributed by atoms with Gasteiger partial charge in [-0.15, -0.1) is 11.3 Å². The molecule has 0 atom stereocenters. The van der Waals surface area contributed by atoms with Crippen LogP contribution in [0.5, 0.6) is 5.75 Å². The number of halogens is 1. The second-order valence-electron chi connectivity index (χ2n) is 7.51. The Morgan fingerprint density at radius 2 is 2.04 bits per heavy atom. The van der Waals surface area contributed by atoms with E-state index in [0.29, 0.717) is 11.7 Å². The van der Waals surface area contributed by atoms with Crippen molar-refractivity contribution in [1.29, 1.82) is 0 Å². The van der Waals surface area contributed by atoms with Crippen molar-refractivity contribution in [2.75, 3.05) is 18.4 Å². The number of amides is 1. The third kappa shape index (κ3) is 4.66. The molecule has 0 bridgehead atoms. The molecule has 1 amide bonds. The lowest BCUT2D eigenvalue weighted by atomic mass is 9.94. The average Bonchev–Trinajstić information content (AvgIpc) is 3.36. The maximum Gasteiger partial charge on any atom is 0.219 e. The highest BCUT2D eigenvalue weighted by atomic mass is 79.9. The van der Waals surface area contributed by atoms with Crippen molar-refractivity contribution in [2.24, 2.45) is 0 Å². The van der Waals surface area contributed by atoms with Gasteiger partial charge in [0.2, 0.25) is 5.91 Å². The standard InChI is InChI=1S/C20H25BrN4O2S/c1-13(26)25-8-6-14(7-9-25)17-12-28-20(23-17)24-19-18(10-15(21)11-22-19)27-16-4-2-3-5-16/h10-12,14,16H,2-9H2,1H3,(H,22,23,24). The fourth-order valence-electron chi connectivity index (χ4n) is 3.91. The highest BCUT2D eigenvalue weighted by Crippen LogP contribution is 2.35. The van der Waals surface area contributed by atoms with Crippen molar-refractivity contribution >= 4 is 44.1 Å². The van der Waals surface area contributed by atoms with Gasteiger partial charge in [-0.05, 0) is 60.5 Å². The van der Waals surface area contributed by atoms with Crippen LogP contribution >= 0.6 is 27.3 Å². The van der Waals surface area contributed by atoms with Crippen LogP contribution in [0.25, 0.3) is 0 Å². The molecule has 1 saturated heterocycles. The summed E-state index contributed by atoms with van der Waals surface area (Å²) < 4.78 is 7.11. The molecule has 1 saturated carbocycles. The van der Waals surface area contributed by atoms with Crippen LogP contribution in [0, 0.1) is 0 Å². The number of thiazole rings is 1. The van der Waals surface area contributed by atoms with Crippen molar-refractivity contribution in [2.45, 2.75) is 57.5 Å². The van der Waals surface area contributed by atoms with E-state index in [1.807, 2.05) is 11.0 Å².